The molecule has 25 heavy (non-hydrogen) atoms. The fraction of sp³-hybridized carbons (Fsp3) is 0.450. The maximum Gasteiger partial charge on any atom is 0.191 e. The van der Waals surface area contributed by atoms with E-state index in [1.165, 1.54) is 24.8 Å². The van der Waals surface area contributed by atoms with E-state index in [0.29, 0.717) is 12.6 Å². The number of nitrogens with one attached hydrogen (secondary N) is 2. The molecule has 0 spiro atoms. The lowest BCUT2D eigenvalue weighted by atomic mass is 10.2. The largest absolute Gasteiger partial charge is 0.469 e. The topological polar surface area (TPSA) is 49.6 Å². The van der Waals surface area contributed by atoms with Gasteiger partial charge in [-0.3, -0.25) is 0 Å². The van der Waals surface area contributed by atoms with Gasteiger partial charge in [0.1, 0.15) is 5.76 Å². The minimum Gasteiger partial charge on any atom is -0.469 e. The molecule has 1 aliphatic carbocycles. The van der Waals surface area contributed by atoms with Crippen molar-refractivity contribution in [3.05, 3.63) is 60.1 Å². The van der Waals surface area contributed by atoms with Crippen molar-refractivity contribution in [2.24, 2.45) is 4.99 Å². The van der Waals surface area contributed by atoms with E-state index in [-0.39, 0.29) is 0 Å². The van der Waals surface area contributed by atoms with Gasteiger partial charge in [-0.2, -0.15) is 11.8 Å². The molecule has 1 saturated carbocycles. The van der Waals surface area contributed by atoms with Gasteiger partial charge in [-0.05, 0) is 43.2 Å². The first-order valence-electron chi connectivity index (χ1n) is 8.97. The number of benzene rings is 1. The second kappa shape index (κ2) is 9.56. The van der Waals surface area contributed by atoms with Crippen LogP contribution < -0.4 is 10.6 Å². The molecule has 0 amide bonds. The smallest absolute Gasteiger partial charge is 0.191 e. The first-order valence-corrected chi connectivity index (χ1v) is 10.3. The van der Waals surface area contributed by atoms with Crippen LogP contribution in [-0.2, 0) is 13.0 Å². The zero-order chi connectivity index (χ0) is 17.3. The lowest BCUT2D eigenvalue weighted by Crippen LogP contribution is -2.43. The van der Waals surface area contributed by atoms with Crippen molar-refractivity contribution in [3.8, 4) is 0 Å². The van der Waals surface area contributed by atoms with Crippen LogP contribution >= 0.6 is 11.8 Å². The van der Waals surface area contributed by atoms with Crippen LogP contribution in [0.4, 0.5) is 0 Å². The maximum atomic E-state index is 5.40. The number of nitrogens with zero attached hydrogens (tertiary/aromatic N) is 1. The van der Waals surface area contributed by atoms with Crippen molar-refractivity contribution in [1.82, 2.24) is 10.6 Å². The van der Waals surface area contributed by atoms with E-state index in [9.17, 15) is 0 Å². The molecular formula is C20H27N3OS. The summed E-state index contributed by atoms with van der Waals surface area (Å²) in [5.74, 6) is 1.90. The standard InChI is InChI=1S/C20H27N3OS/c1-25-19-10-9-17(14-19)23-20(21-12-11-18-8-5-13-24-18)22-15-16-6-3-2-4-7-16/h2-8,13,17,19H,9-12,14-15H2,1H3,(H2,21,22,23). The maximum absolute atomic E-state index is 5.40. The molecule has 4 nitrogen and oxygen atoms in total. The summed E-state index contributed by atoms with van der Waals surface area (Å²) in [6, 6.07) is 14.8. The van der Waals surface area contributed by atoms with E-state index in [1.54, 1.807) is 6.26 Å². The van der Waals surface area contributed by atoms with E-state index in [4.69, 9.17) is 9.41 Å². The van der Waals surface area contributed by atoms with Crippen LogP contribution in [0.5, 0.6) is 0 Å². The zero-order valence-electron chi connectivity index (χ0n) is 14.8. The fourth-order valence-electron chi connectivity index (χ4n) is 3.14. The van der Waals surface area contributed by atoms with Gasteiger partial charge in [0.15, 0.2) is 5.96 Å². The highest BCUT2D eigenvalue weighted by molar-refractivity contribution is 7.99. The van der Waals surface area contributed by atoms with Gasteiger partial charge in [0.2, 0.25) is 0 Å². The first-order chi connectivity index (χ1) is 12.3. The molecular weight excluding hydrogens is 330 g/mol. The lowest BCUT2D eigenvalue weighted by molar-refractivity contribution is 0.506. The summed E-state index contributed by atoms with van der Waals surface area (Å²) in [6.07, 6.45) is 8.51. The van der Waals surface area contributed by atoms with E-state index in [2.05, 4.69) is 41.2 Å². The van der Waals surface area contributed by atoms with Gasteiger partial charge in [0.25, 0.3) is 0 Å². The zero-order valence-corrected chi connectivity index (χ0v) is 15.6. The quantitative estimate of drug-likeness (QED) is 0.584. The molecule has 0 radical (unpaired) electrons. The number of hydrogen-bond acceptors (Lipinski definition) is 3. The fourth-order valence-corrected chi connectivity index (χ4v) is 3.94. The van der Waals surface area contributed by atoms with E-state index < -0.39 is 0 Å². The van der Waals surface area contributed by atoms with Crippen molar-refractivity contribution < 1.29 is 4.42 Å². The van der Waals surface area contributed by atoms with Gasteiger partial charge in [-0.15, -0.1) is 0 Å². The molecule has 2 atom stereocenters. The predicted octanol–water partition coefficient (Wildman–Crippen LogP) is 3.84. The van der Waals surface area contributed by atoms with Crippen LogP contribution in [0.1, 0.15) is 30.6 Å². The summed E-state index contributed by atoms with van der Waals surface area (Å²) < 4.78 is 5.40. The molecule has 0 bridgehead atoms. The van der Waals surface area contributed by atoms with Crippen molar-refractivity contribution in [2.45, 2.75) is 43.5 Å². The molecule has 0 aliphatic heterocycles. The average molecular weight is 358 g/mol. The Morgan fingerprint density at radius 1 is 1.20 bits per heavy atom. The van der Waals surface area contributed by atoms with Crippen molar-refractivity contribution in [3.63, 3.8) is 0 Å². The van der Waals surface area contributed by atoms with Crippen LogP contribution in [0.25, 0.3) is 0 Å². The summed E-state index contributed by atoms with van der Waals surface area (Å²) in [6.45, 7) is 1.50. The summed E-state index contributed by atoms with van der Waals surface area (Å²) in [5, 5.41) is 7.86. The molecule has 1 fully saturated rings. The number of guanidine groups is 1. The van der Waals surface area contributed by atoms with Gasteiger partial charge < -0.3 is 15.1 Å². The third kappa shape index (κ3) is 5.85. The normalized spacial score (nSPS) is 20.6. The highest BCUT2D eigenvalue weighted by Gasteiger charge is 2.24. The molecule has 1 aromatic heterocycles. The Morgan fingerprint density at radius 3 is 2.80 bits per heavy atom. The summed E-state index contributed by atoms with van der Waals surface area (Å²) >= 11 is 1.98. The van der Waals surface area contributed by atoms with Crippen LogP contribution in [0.15, 0.2) is 58.1 Å². The SMILES string of the molecule is CSC1CCC(NC(=NCc2ccccc2)NCCc2ccco2)C1. The second-order valence-corrected chi connectivity index (χ2v) is 7.56. The van der Waals surface area contributed by atoms with Gasteiger partial charge in [0, 0.05) is 24.3 Å². The Labute approximate surface area is 154 Å². The molecule has 134 valence electrons. The Morgan fingerprint density at radius 2 is 2.08 bits per heavy atom. The van der Waals surface area contributed by atoms with Crippen molar-refractivity contribution in [1.29, 1.82) is 0 Å². The molecule has 1 aliphatic rings. The van der Waals surface area contributed by atoms with Crippen LogP contribution in [0.2, 0.25) is 0 Å². The lowest BCUT2D eigenvalue weighted by Gasteiger charge is -2.18. The Hall–Kier alpha value is -1.88. The molecule has 3 rings (SSSR count). The molecule has 5 heteroatoms. The van der Waals surface area contributed by atoms with Crippen LogP contribution in [0.3, 0.4) is 0 Å². The van der Waals surface area contributed by atoms with E-state index >= 15 is 0 Å². The van der Waals surface area contributed by atoms with Crippen LogP contribution in [0, 0.1) is 0 Å². The first kappa shape index (κ1) is 17.9. The second-order valence-electron chi connectivity index (χ2n) is 6.42. The summed E-state index contributed by atoms with van der Waals surface area (Å²) in [5.41, 5.74) is 1.23. The number of furan rings is 1. The van der Waals surface area contributed by atoms with E-state index in [0.717, 1.165) is 29.9 Å². The molecule has 2 unspecified atom stereocenters. The number of rotatable bonds is 7. The summed E-state index contributed by atoms with van der Waals surface area (Å²) in [4.78, 5) is 4.78. The molecule has 0 saturated heterocycles. The molecule has 2 aromatic rings. The molecule has 1 heterocycles. The Balaban J connectivity index is 1.56. The Bertz CT molecular complexity index is 642. The summed E-state index contributed by atoms with van der Waals surface area (Å²) in [7, 11) is 0. The third-order valence-corrected chi connectivity index (χ3v) is 5.66. The van der Waals surface area contributed by atoms with E-state index in [1.807, 2.05) is 30.0 Å². The third-order valence-electron chi connectivity index (χ3n) is 4.57. The predicted molar refractivity (Wildman–Crippen MR) is 106 cm³/mol. The monoisotopic (exact) mass is 357 g/mol. The minimum absolute atomic E-state index is 0.517. The number of aliphatic imine (C=N–C) groups is 1. The minimum atomic E-state index is 0.517. The van der Waals surface area contributed by atoms with Crippen LogP contribution in [-0.4, -0.2) is 30.1 Å². The Kier molecular flexibility index (Phi) is 6.86. The number of hydrogen-bond donors (Lipinski definition) is 2. The van der Waals surface area contributed by atoms with Gasteiger partial charge in [-0.25, -0.2) is 4.99 Å². The number of thioether (sulfide) groups is 1. The van der Waals surface area contributed by atoms with Gasteiger partial charge in [-0.1, -0.05) is 30.3 Å². The highest BCUT2D eigenvalue weighted by Crippen LogP contribution is 2.28. The molecule has 2 N–H and O–H groups in total. The average Bonchev–Trinajstić information content (AvgIpc) is 3.32. The van der Waals surface area contributed by atoms with Gasteiger partial charge >= 0.3 is 0 Å². The molecule has 1 aromatic carbocycles. The van der Waals surface area contributed by atoms with Crippen molar-refractivity contribution in [2.75, 3.05) is 12.8 Å². The van der Waals surface area contributed by atoms with Crippen molar-refractivity contribution >= 4 is 17.7 Å². The highest BCUT2D eigenvalue weighted by atomic mass is 32.2. The van der Waals surface area contributed by atoms with Gasteiger partial charge in [0.05, 0.1) is 12.8 Å².